The summed E-state index contributed by atoms with van der Waals surface area (Å²) < 4.78 is 0. The second-order valence-corrected chi connectivity index (χ2v) is 4.91. The van der Waals surface area contributed by atoms with E-state index in [1.165, 1.54) is 4.90 Å². The molecule has 1 aliphatic heterocycles. The Labute approximate surface area is 85.5 Å². The molecule has 1 saturated heterocycles. The summed E-state index contributed by atoms with van der Waals surface area (Å²) in [5.41, 5.74) is -0.444. The molecule has 0 bridgehead atoms. The zero-order chi connectivity index (χ0) is 10.8. The Morgan fingerprint density at radius 3 is 2.43 bits per heavy atom. The number of amides is 2. The Hall–Kier alpha value is -0.860. The lowest BCUT2D eigenvalue weighted by molar-refractivity contribution is -0.149. The van der Waals surface area contributed by atoms with Crippen LogP contribution in [0.4, 0.5) is 0 Å². The SMILES string of the molecule is CC(C)(C)C(=O)N1CCCCCC1=O. The molecule has 1 heterocycles. The number of hydrogen-bond acceptors (Lipinski definition) is 2. The van der Waals surface area contributed by atoms with Crippen LogP contribution in [0.5, 0.6) is 0 Å². The van der Waals surface area contributed by atoms with Gasteiger partial charge in [-0.05, 0) is 12.8 Å². The van der Waals surface area contributed by atoms with Crippen molar-refractivity contribution in [3.63, 3.8) is 0 Å². The van der Waals surface area contributed by atoms with Gasteiger partial charge in [0.15, 0.2) is 0 Å². The first kappa shape index (κ1) is 11.2. The van der Waals surface area contributed by atoms with E-state index in [-0.39, 0.29) is 11.8 Å². The highest BCUT2D eigenvalue weighted by atomic mass is 16.2. The summed E-state index contributed by atoms with van der Waals surface area (Å²) in [7, 11) is 0. The Kier molecular flexibility index (Phi) is 3.29. The normalized spacial score (nSPS) is 19.4. The highest BCUT2D eigenvalue weighted by molar-refractivity contribution is 5.97. The Morgan fingerprint density at radius 1 is 1.21 bits per heavy atom. The van der Waals surface area contributed by atoms with Crippen molar-refractivity contribution in [2.45, 2.75) is 46.5 Å². The molecule has 1 fully saturated rings. The molecule has 0 radical (unpaired) electrons. The van der Waals surface area contributed by atoms with E-state index in [1.807, 2.05) is 20.8 Å². The standard InChI is InChI=1S/C11H19NO2/c1-11(2,3)10(14)12-8-6-4-5-7-9(12)13/h4-8H2,1-3H3. The van der Waals surface area contributed by atoms with Crippen LogP contribution in [0.25, 0.3) is 0 Å². The number of hydrogen-bond donors (Lipinski definition) is 0. The molecule has 14 heavy (non-hydrogen) atoms. The fourth-order valence-corrected chi connectivity index (χ4v) is 1.60. The van der Waals surface area contributed by atoms with Crippen molar-refractivity contribution in [3.8, 4) is 0 Å². The van der Waals surface area contributed by atoms with Crippen LogP contribution in [0.1, 0.15) is 46.5 Å². The number of nitrogens with zero attached hydrogens (tertiary/aromatic N) is 1. The first-order chi connectivity index (χ1) is 6.43. The minimum atomic E-state index is -0.444. The van der Waals surface area contributed by atoms with Gasteiger partial charge in [-0.2, -0.15) is 0 Å². The number of rotatable bonds is 0. The van der Waals surface area contributed by atoms with Crippen molar-refractivity contribution in [2.75, 3.05) is 6.54 Å². The minimum absolute atomic E-state index is 0.00225. The van der Waals surface area contributed by atoms with Gasteiger partial charge in [0.1, 0.15) is 0 Å². The van der Waals surface area contributed by atoms with Gasteiger partial charge in [-0.1, -0.05) is 27.2 Å². The lowest BCUT2D eigenvalue weighted by Gasteiger charge is -2.26. The lowest BCUT2D eigenvalue weighted by Crippen LogP contribution is -2.43. The second kappa shape index (κ2) is 4.11. The summed E-state index contributed by atoms with van der Waals surface area (Å²) >= 11 is 0. The Bertz CT molecular complexity index is 240. The van der Waals surface area contributed by atoms with E-state index in [0.717, 1.165) is 19.3 Å². The van der Waals surface area contributed by atoms with Gasteiger partial charge in [-0.3, -0.25) is 14.5 Å². The van der Waals surface area contributed by atoms with Crippen molar-refractivity contribution in [2.24, 2.45) is 5.41 Å². The second-order valence-electron chi connectivity index (χ2n) is 4.91. The monoisotopic (exact) mass is 197 g/mol. The number of likely N-dealkylation sites (tertiary alicyclic amines) is 1. The van der Waals surface area contributed by atoms with Crippen molar-refractivity contribution < 1.29 is 9.59 Å². The third-order valence-electron chi connectivity index (χ3n) is 2.46. The van der Waals surface area contributed by atoms with Crippen LogP contribution in [0.2, 0.25) is 0 Å². The van der Waals surface area contributed by atoms with Gasteiger partial charge < -0.3 is 0 Å². The summed E-state index contributed by atoms with van der Waals surface area (Å²) in [6, 6.07) is 0. The van der Waals surface area contributed by atoms with Crippen molar-refractivity contribution >= 4 is 11.8 Å². The molecule has 0 aromatic rings. The maximum Gasteiger partial charge on any atom is 0.234 e. The fourth-order valence-electron chi connectivity index (χ4n) is 1.60. The molecule has 0 saturated carbocycles. The summed E-state index contributed by atoms with van der Waals surface area (Å²) in [4.78, 5) is 24.9. The first-order valence-corrected chi connectivity index (χ1v) is 5.28. The quantitative estimate of drug-likeness (QED) is 0.595. The van der Waals surface area contributed by atoms with Crippen molar-refractivity contribution in [3.05, 3.63) is 0 Å². The molecule has 80 valence electrons. The van der Waals surface area contributed by atoms with Crippen molar-refractivity contribution in [1.29, 1.82) is 0 Å². The molecule has 0 spiro atoms. The predicted molar refractivity (Wildman–Crippen MR) is 54.6 cm³/mol. The third kappa shape index (κ3) is 2.56. The van der Waals surface area contributed by atoms with E-state index < -0.39 is 5.41 Å². The van der Waals surface area contributed by atoms with Gasteiger partial charge in [-0.25, -0.2) is 0 Å². The Morgan fingerprint density at radius 2 is 1.86 bits per heavy atom. The summed E-state index contributed by atoms with van der Waals surface area (Å²) in [5.74, 6) is -0.0353. The summed E-state index contributed by atoms with van der Waals surface area (Å²) in [6.07, 6.45) is 3.46. The minimum Gasteiger partial charge on any atom is -0.282 e. The van der Waals surface area contributed by atoms with E-state index in [9.17, 15) is 9.59 Å². The van der Waals surface area contributed by atoms with Gasteiger partial charge >= 0.3 is 0 Å². The van der Waals surface area contributed by atoms with Gasteiger partial charge in [0.05, 0.1) is 0 Å². The molecule has 1 aliphatic rings. The summed E-state index contributed by atoms with van der Waals surface area (Å²) in [6.45, 7) is 6.17. The first-order valence-electron chi connectivity index (χ1n) is 5.28. The molecule has 0 N–H and O–H groups in total. The highest BCUT2D eigenvalue weighted by Crippen LogP contribution is 2.21. The molecule has 0 aromatic heterocycles. The van der Waals surface area contributed by atoms with Gasteiger partial charge in [0.2, 0.25) is 11.8 Å². The number of carbonyl (C=O) groups excluding carboxylic acids is 2. The number of imide groups is 1. The molecule has 0 aromatic carbocycles. The zero-order valence-corrected chi connectivity index (χ0v) is 9.30. The predicted octanol–water partition coefficient (Wildman–Crippen LogP) is 1.96. The van der Waals surface area contributed by atoms with Crippen LogP contribution in [-0.4, -0.2) is 23.3 Å². The molecule has 0 aliphatic carbocycles. The molecule has 2 amide bonds. The average molecular weight is 197 g/mol. The van der Waals surface area contributed by atoms with Gasteiger partial charge in [-0.15, -0.1) is 0 Å². The smallest absolute Gasteiger partial charge is 0.234 e. The van der Waals surface area contributed by atoms with E-state index in [1.54, 1.807) is 0 Å². The molecule has 0 unspecified atom stereocenters. The van der Waals surface area contributed by atoms with E-state index in [0.29, 0.717) is 13.0 Å². The molecular weight excluding hydrogens is 178 g/mol. The third-order valence-corrected chi connectivity index (χ3v) is 2.46. The Balaban J connectivity index is 2.74. The molecule has 3 nitrogen and oxygen atoms in total. The maximum absolute atomic E-state index is 11.9. The van der Waals surface area contributed by atoms with E-state index in [2.05, 4.69) is 0 Å². The summed E-state index contributed by atoms with van der Waals surface area (Å²) in [5, 5.41) is 0. The van der Waals surface area contributed by atoms with Crippen LogP contribution < -0.4 is 0 Å². The average Bonchev–Trinajstić information content (AvgIpc) is 2.27. The lowest BCUT2D eigenvalue weighted by atomic mass is 9.94. The molecule has 1 rings (SSSR count). The van der Waals surface area contributed by atoms with Crippen LogP contribution in [0.3, 0.4) is 0 Å². The molecule has 0 atom stereocenters. The van der Waals surface area contributed by atoms with Crippen LogP contribution in [0.15, 0.2) is 0 Å². The van der Waals surface area contributed by atoms with Gasteiger partial charge in [0.25, 0.3) is 0 Å². The van der Waals surface area contributed by atoms with Crippen molar-refractivity contribution in [1.82, 2.24) is 4.90 Å². The fraction of sp³-hybridized carbons (Fsp3) is 0.818. The van der Waals surface area contributed by atoms with Crippen LogP contribution in [-0.2, 0) is 9.59 Å². The zero-order valence-electron chi connectivity index (χ0n) is 9.30. The van der Waals surface area contributed by atoms with Crippen LogP contribution in [0, 0.1) is 5.41 Å². The highest BCUT2D eigenvalue weighted by Gasteiger charge is 2.31. The number of carbonyl (C=O) groups is 2. The largest absolute Gasteiger partial charge is 0.282 e. The molecule has 3 heteroatoms. The molecular formula is C11H19NO2. The maximum atomic E-state index is 11.9. The topological polar surface area (TPSA) is 37.4 Å². The van der Waals surface area contributed by atoms with E-state index >= 15 is 0 Å². The van der Waals surface area contributed by atoms with Crippen LogP contribution >= 0.6 is 0 Å². The van der Waals surface area contributed by atoms with Gasteiger partial charge in [0, 0.05) is 18.4 Å². The van der Waals surface area contributed by atoms with E-state index in [4.69, 9.17) is 0 Å².